The number of rotatable bonds is 14. The van der Waals surface area contributed by atoms with Gasteiger partial charge in [-0.15, -0.1) is 13.2 Å². The number of aromatic nitrogens is 3. The lowest BCUT2D eigenvalue weighted by molar-refractivity contribution is -0.274. The smallest absolute Gasteiger partial charge is 0.478 e. The quantitative estimate of drug-likeness (QED) is 0.112. The molecule has 4 aromatic rings. The second kappa shape index (κ2) is 14.0. The van der Waals surface area contributed by atoms with Gasteiger partial charge in [0, 0.05) is 37.2 Å². The Balaban J connectivity index is 1.23. The van der Waals surface area contributed by atoms with Gasteiger partial charge >= 0.3 is 12.3 Å². The average Bonchev–Trinajstić information content (AvgIpc) is 2.95. The number of nitrogens with zero attached hydrogens (tertiary/aromatic N) is 3. The number of fused-ring (bicyclic) bond motifs is 3. The second-order valence-electron chi connectivity index (χ2n) is 8.94. The molecule has 42 heavy (non-hydrogen) atoms. The van der Waals surface area contributed by atoms with E-state index in [9.17, 15) is 23.1 Å². The predicted molar refractivity (Wildman–Crippen MR) is 152 cm³/mol. The molecule has 0 saturated heterocycles. The molecule has 2 aromatic carbocycles. The summed E-state index contributed by atoms with van der Waals surface area (Å²) >= 11 is 11.7. The first-order valence-electron chi connectivity index (χ1n) is 12.7. The Morgan fingerprint density at radius 3 is 2.60 bits per heavy atom. The van der Waals surface area contributed by atoms with Crippen LogP contribution >= 0.6 is 23.2 Å². The highest BCUT2D eigenvalue weighted by atomic mass is 35.5. The monoisotopic (exact) mass is 627 g/mol. The van der Waals surface area contributed by atoms with Gasteiger partial charge in [-0.25, -0.2) is 19.7 Å². The average molecular weight is 628 g/mol. The third-order valence-corrected chi connectivity index (χ3v) is 6.72. The number of halogens is 5. The number of hydrogen-bond acceptors (Lipinski definition) is 9. The number of pyridine rings is 1. The van der Waals surface area contributed by atoms with Crippen molar-refractivity contribution in [2.24, 2.45) is 0 Å². The van der Waals surface area contributed by atoms with Gasteiger partial charge in [0.2, 0.25) is 11.8 Å². The number of carboxylic acids is 1. The molecule has 15 heteroatoms. The number of carbonyl (C=O) groups is 1. The topological polar surface area (TPSA) is 128 Å². The molecule has 0 amide bonds. The van der Waals surface area contributed by atoms with Crippen LogP contribution in [0.5, 0.6) is 11.6 Å². The zero-order chi connectivity index (χ0) is 30.3. The van der Waals surface area contributed by atoms with Crippen LogP contribution in [0, 0.1) is 0 Å². The Kier molecular flexibility index (Phi) is 10.4. The van der Waals surface area contributed by atoms with Gasteiger partial charge in [0.05, 0.1) is 22.7 Å². The van der Waals surface area contributed by atoms with E-state index >= 15 is 0 Å². The van der Waals surface area contributed by atoms with Crippen molar-refractivity contribution in [3.8, 4) is 11.6 Å². The third-order valence-electron chi connectivity index (χ3n) is 5.94. The van der Waals surface area contributed by atoms with Crippen LogP contribution in [0.1, 0.15) is 28.8 Å². The molecule has 3 N–H and O–H groups in total. The standard InChI is InChI=1S/C27H26Cl2F3N5O5/c1-33-26-35-14-18-17-5-4-16(25(38)39)12-20(17)36-24(23(18)37-26)41-9-8-40-7-3-2-6-34-13-15-10-19(28)22(29)21(11-15)42-27(30,31)32/h4-5,10-12,14,34H,2-3,6-9,13H2,1H3,(H,38,39)(H,33,35,37). The van der Waals surface area contributed by atoms with Gasteiger partial charge < -0.3 is 30.0 Å². The van der Waals surface area contributed by atoms with E-state index in [1.807, 2.05) is 0 Å². The van der Waals surface area contributed by atoms with Crippen molar-refractivity contribution in [1.82, 2.24) is 20.3 Å². The molecule has 0 aliphatic carbocycles. The van der Waals surface area contributed by atoms with Crippen LogP contribution in [0.3, 0.4) is 0 Å². The number of aromatic carboxylic acids is 1. The van der Waals surface area contributed by atoms with E-state index in [0.29, 0.717) is 46.5 Å². The highest BCUT2D eigenvalue weighted by molar-refractivity contribution is 6.43. The van der Waals surface area contributed by atoms with Crippen LogP contribution in [0.4, 0.5) is 19.1 Å². The van der Waals surface area contributed by atoms with Crippen LogP contribution in [-0.4, -0.2) is 65.8 Å². The maximum Gasteiger partial charge on any atom is 0.573 e. The second-order valence-corrected chi connectivity index (χ2v) is 9.73. The highest BCUT2D eigenvalue weighted by Crippen LogP contribution is 2.36. The van der Waals surface area contributed by atoms with Crippen molar-refractivity contribution in [1.29, 1.82) is 0 Å². The zero-order valence-corrected chi connectivity index (χ0v) is 23.7. The van der Waals surface area contributed by atoms with Gasteiger partial charge in [-0.1, -0.05) is 29.3 Å². The summed E-state index contributed by atoms with van der Waals surface area (Å²) in [4.78, 5) is 24.6. The first-order chi connectivity index (χ1) is 20.1. The van der Waals surface area contributed by atoms with E-state index in [4.69, 9.17) is 32.7 Å². The number of hydrogen-bond donors (Lipinski definition) is 3. The molecule has 2 aromatic heterocycles. The Labute approximate surface area is 248 Å². The molecule has 0 aliphatic rings. The lowest BCUT2D eigenvalue weighted by atomic mass is 10.1. The van der Waals surface area contributed by atoms with Gasteiger partial charge in [-0.05, 0) is 49.2 Å². The fourth-order valence-electron chi connectivity index (χ4n) is 4.01. The van der Waals surface area contributed by atoms with Crippen molar-refractivity contribution in [2.45, 2.75) is 25.7 Å². The summed E-state index contributed by atoms with van der Waals surface area (Å²) in [5, 5.41) is 16.4. The van der Waals surface area contributed by atoms with Crippen LogP contribution in [0.15, 0.2) is 36.5 Å². The number of anilines is 1. The van der Waals surface area contributed by atoms with E-state index in [2.05, 4.69) is 30.3 Å². The van der Waals surface area contributed by atoms with Crippen LogP contribution in [0.2, 0.25) is 10.0 Å². The molecule has 0 spiro atoms. The van der Waals surface area contributed by atoms with Crippen LogP contribution in [0.25, 0.3) is 21.8 Å². The molecule has 224 valence electrons. The number of unbranched alkanes of at least 4 members (excludes halogenated alkanes) is 1. The number of alkyl halides is 3. The lowest BCUT2D eigenvalue weighted by Gasteiger charge is -2.13. The Morgan fingerprint density at radius 2 is 1.86 bits per heavy atom. The maximum absolute atomic E-state index is 12.6. The molecule has 0 atom stereocenters. The molecule has 4 rings (SSSR count). The first-order valence-corrected chi connectivity index (χ1v) is 13.5. The molecule has 0 bridgehead atoms. The van der Waals surface area contributed by atoms with Crippen molar-refractivity contribution in [3.63, 3.8) is 0 Å². The Bertz CT molecular complexity index is 1580. The number of carboxylic acid groups (broad SMARTS) is 1. The number of benzene rings is 2. The van der Waals surface area contributed by atoms with Crippen LogP contribution < -0.4 is 20.1 Å². The molecule has 10 nitrogen and oxygen atoms in total. The van der Waals surface area contributed by atoms with Crippen molar-refractivity contribution in [3.05, 3.63) is 57.7 Å². The lowest BCUT2D eigenvalue weighted by Crippen LogP contribution is -2.18. The van der Waals surface area contributed by atoms with Crippen molar-refractivity contribution < 1.29 is 37.3 Å². The molecule has 2 heterocycles. The molecule has 0 radical (unpaired) electrons. The van der Waals surface area contributed by atoms with Gasteiger partial charge in [0.15, 0.2) is 0 Å². The molecular weight excluding hydrogens is 602 g/mol. The number of ether oxygens (including phenoxy) is 3. The predicted octanol–water partition coefficient (Wildman–Crippen LogP) is 6.09. The summed E-state index contributed by atoms with van der Waals surface area (Å²) in [5.74, 6) is -0.991. The van der Waals surface area contributed by atoms with Gasteiger partial charge in [-0.2, -0.15) is 0 Å². The normalized spacial score (nSPS) is 11.7. The van der Waals surface area contributed by atoms with Gasteiger partial charge in [0.25, 0.3) is 0 Å². The van der Waals surface area contributed by atoms with E-state index < -0.39 is 18.1 Å². The van der Waals surface area contributed by atoms with E-state index in [1.54, 1.807) is 19.3 Å². The Hall–Kier alpha value is -3.65. The minimum Gasteiger partial charge on any atom is -0.478 e. The summed E-state index contributed by atoms with van der Waals surface area (Å²) < 4.78 is 53.2. The summed E-state index contributed by atoms with van der Waals surface area (Å²) in [6.45, 7) is 1.79. The molecular formula is C27H26Cl2F3N5O5. The van der Waals surface area contributed by atoms with Gasteiger partial charge in [-0.3, -0.25) is 0 Å². The van der Waals surface area contributed by atoms with E-state index in [0.717, 1.165) is 12.8 Å². The number of nitrogens with one attached hydrogen (secondary N) is 2. The van der Waals surface area contributed by atoms with Crippen molar-refractivity contribution >= 4 is 56.9 Å². The molecule has 0 fully saturated rings. The van der Waals surface area contributed by atoms with E-state index in [1.165, 1.54) is 24.3 Å². The molecule has 0 unspecified atom stereocenters. The van der Waals surface area contributed by atoms with Crippen LogP contribution in [-0.2, 0) is 11.3 Å². The summed E-state index contributed by atoms with van der Waals surface area (Å²) in [6, 6.07) is 7.31. The minimum atomic E-state index is -4.87. The van der Waals surface area contributed by atoms with Crippen molar-refractivity contribution in [2.75, 3.05) is 38.7 Å². The maximum atomic E-state index is 12.6. The largest absolute Gasteiger partial charge is 0.573 e. The molecule has 0 saturated carbocycles. The molecule has 0 aliphatic heterocycles. The first kappa shape index (κ1) is 31.3. The summed E-state index contributed by atoms with van der Waals surface area (Å²) in [5.41, 5.74) is 1.52. The van der Waals surface area contributed by atoms with Gasteiger partial charge in [0.1, 0.15) is 22.9 Å². The van der Waals surface area contributed by atoms with E-state index in [-0.39, 0.29) is 41.2 Å². The SMILES string of the molecule is CNc1ncc2c(n1)c(OCCOCCCCNCc1cc(Cl)c(Cl)c(OC(F)(F)F)c1)nc1cc(C(=O)O)ccc12. The minimum absolute atomic E-state index is 0.0300. The zero-order valence-electron chi connectivity index (χ0n) is 22.2. The summed E-state index contributed by atoms with van der Waals surface area (Å²) in [7, 11) is 1.69. The highest BCUT2D eigenvalue weighted by Gasteiger charge is 2.32. The fraction of sp³-hybridized carbons (Fsp3) is 0.333. The Morgan fingerprint density at radius 1 is 1.05 bits per heavy atom. The third kappa shape index (κ3) is 8.22. The summed E-state index contributed by atoms with van der Waals surface area (Å²) in [6.07, 6.45) is -1.77. The fourth-order valence-corrected chi connectivity index (χ4v) is 4.40.